The molecule has 2 aromatic carbocycles. The average molecular weight is 423 g/mol. The number of amides is 1. The quantitative estimate of drug-likeness (QED) is 0.652. The molecule has 7 heteroatoms. The summed E-state index contributed by atoms with van der Waals surface area (Å²) in [6.45, 7) is 6.67. The molecule has 6 nitrogen and oxygen atoms in total. The van der Waals surface area contributed by atoms with Gasteiger partial charge in [-0.15, -0.1) is 0 Å². The molecule has 4 rings (SSSR count). The van der Waals surface area contributed by atoms with Gasteiger partial charge in [0.25, 0.3) is 5.56 Å². The second kappa shape index (κ2) is 7.61. The van der Waals surface area contributed by atoms with Gasteiger partial charge in [0.2, 0.25) is 5.91 Å². The van der Waals surface area contributed by atoms with Crippen molar-refractivity contribution in [2.24, 2.45) is 7.05 Å². The van der Waals surface area contributed by atoms with Gasteiger partial charge in [0.05, 0.1) is 22.8 Å². The molecule has 1 aliphatic heterocycles. The average Bonchev–Trinajstić information content (AvgIpc) is 3.17. The van der Waals surface area contributed by atoms with Gasteiger partial charge in [-0.3, -0.25) is 9.59 Å². The number of carbonyl (C=O) groups excluding carboxylic acids is 1. The fourth-order valence-electron chi connectivity index (χ4n) is 4.21. The van der Waals surface area contributed by atoms with Crippen LogP contribution in [0.25, 0.3) is 10.9 Å². The summed E-state index contributed by atoms with van der Waals surface area (Å²) in [4.78, 5) is 31.0. The van der Waals surface area contributed by atoms with Crippen molar-refractivity contribution >= 4 is 34.1 Å². The summed E-state index contributed by atoms with van der Waals surface area (Å²) in [5.41, 5.74) is 2.80. The second-order valence-electron chi connectivity index (χ2n) is 7.73. The number of nitrogens with zero attached hydrogens (tertiary/aromatic N) is 3. The van der Waals surface area contributed by atoms with Gasteiger partial charge < -0.3 is 14.8 Å². The molecule has 0 aliphatic carbocycles. The molecular weight excluding hydrogens is 400 g/mol. The zero-order valence-corrected chi connectivity index (χ0v) is 17.7. The van der Waals surface area contributed by atoms with Crippen LogP contribution in [0.1, 0.15) is 17.5 Å². The molecular formula is C23H23ClN4O2. The number of anilines is 1. The minimum Gasteiger partial charge on any atom is -0.374 e. The number of hydrogen-bond acceptors (Lipinski definition) is 4. The molecule has 0 radical (unpaired) electrons. The van der Waals surface area contributed by atoms with Crippen molar-refractivity contribution in [3.8, 4) is 0 Å². The van der Waals surface area contributed by atoms with Crippen molar-refractivity contribution in [2.75, 3.05) is 18.4 Å². The van der Waals surface area contributed by atoms with Crippen molar-refractivity contribution in [3.63, 3.8) is 0 Å². The van der Waals surface area contributed by atoms with Crippen LogP contribution in [0.5, 0.6) is 0 Å². The fraction of sp³-hybridized carbons (Fsp3) is 0.261. The molecule has 1 fully saturated rings. The Labute approximate surface area is 179 Å². The minimum absolute atomic E-state index is 0.102. The monoisotopic (exact) mass is 422 g/mol. The third-order valence-corrected chi connectivity index (χ3v) is 6.25. The van der Waals surface area contributed by atoms with E-state index in [-0.39, 0.29) is 11.5 Å². The molecule has 30 heavy (non-hydrogen) atoms. The Balaban J connectivity index is 1.81. The van der Waals surface area contributed by atoms with E-state index < -0.39 is 5.54 Å². The Kier molecular flexibility index (Phi) is 5.12. The van der Waals surface area contributed by atoms with Crippen LogP contribution in [0, 0.1) is 6.92 Å². The molecule has 3 aromatic rings. The molecule has 1 saturated heterocycles. The molecule has 0 saturated carbocycles. The molecule has 1 amide bonds. The highest BCUT2D eigenvalue weighted by Gasteiger charge is 2.42. The molecule has 1 atom stereocenters. The molecule has 0 spiro atoms. The molecule has 1 N–H and O–H groups in total. The SMILES string of the molecule is C=CC(=O)N1CCC(Nc2ccc3ncn(C)c(=O)c3c2)(c2cccc(Cl)c2C)C1. The summed E-state index contributed by atoms with van der Waals surface area (Å²) in [6, 6.07) is 11.4. The zero-order chi connectivity index (χ0) is 21.5. The maximum Gasteiger partial charge on any atom is 0.260 e. The van der Waals surface area contributed by atoms with Gasteiger partial charge in [0.1, 0.15) is 0 Å². The first-order valence-corrected chi connectivity index (χ1v) is 10.1. The van der Waals surface area contributed by atoms with Crippen molar-refractivity contribution in [1.29, 1.82) is 0 Å². The van der Waals surface area contributed by atoms with E-state index in [9.17, 15) is 9.59 Å². The van der Waals surface area contributed by atoms with Gasteiger partial charge in [-0.05, 0) is 54.8 Å². The van der Waals surface area contributed by atoms with Crippen LogP contribution in [-0.4, -0.2) is 33.4 Å². The first kappa shape index (κ1) is 20.2. The summed E-state index contributed by atoms with van der Waals surface area (Å²) in [7, 11) is 1.68. The number of rotatable bonds is 4. The standard InChI is InChI=1S/C23H23ClN4O2/c1-4-21(29)28-11-10-23(13-28,18-6-5-7-19(24)15(18)2)26-16-8-9-20-17(12-16)22(30)27(3)14-25-20/h4-9,12,14,26H,1,10-11,13H2,2-3H3. The summed E-state index contributed by atoms with van der Waals surface area (Å²) in [6.07, 6.45) is 3.56. The molecule has 0 bridgehead atoms. The lowest BCUT2D eigenvalue weighted by Crippen LogP contribution is -2.40. The number of benzene rings is 2. The number of aromatic nitrogens is 2. The summed E-state index contributed by atoms with van der Waals surface area (Å²) >= 11 is 6.42. The van der Waals surface area contributed by atoms with Crippen molar-refractivity contribution < 1.29 is 4.79 Å². The molecule has 154 valence electrons. The van der Waals surface area contributed by atoms with Gasteiger partial charge in [-0.25, -0.2) is 4.98 Å². The lowest BCUT2D eigenvalue weighted by atomic mass is 9.85. The predicted octanol–water partition coefficient (Wildman–Crippen LogP) is 3.62. The largest absolute Gasteiger partial charge is 0.374 e. The number of fused-ring (bicyclic) bond motifs is 1. The van der Waals surface area contributed by atoms with Crippen LogP contribution in [0.4, 0.5) is 5.69 Å². The summed E-state index contributed by atoms with van der Waals surface area (Å²) < 4.78 is 1.46. The Morgan fingerprint density at radius 2 is 2.13 bits per heavy atom. The first-order chi connectivity index (χ1) is 14.3. The second-order valence-corrected chi connectivity index (χ2v) is 8.13. The highest BCUT2D eigenvalue weighted by Crippen LogP contribution is 2.39. The maximum atomic E-state index is 12.6. The van der Waals surface area contributed by atoms with E-state index >= 15 is 0 Å². The van der Waals surface area contributed by atoms with E-state index in [1.807, 2.05) is 43.3 Å². The maximum absolute atomic E-state index is 12.6. The predicted molar refractivity (Wildman–Crippen MR) is 120 cm³/mol. The third-order valence-electron chi connectivity index (χ3n) is 5.84. The Hall–Kier alpha value is -3.12. The van der Waals surface area contributed by atoms with Gasteiger partial charge in [0, 0.05) is 30.8 Å². The van der Waals surface area contributed by atoms with E-state index in [1.54, 1.807) is 11.9 Å². The molecule has 1 unspecified atom stereocenters. The van der Waals surface area contributed by atoms with Gasteiger partial charge in [0.15, 0.2) is 0 Å². The van der Waals surface area contributed by atoms with E-state index in [0.717, 1.165) is 16.8 Å². The summed E-state index contributed by atoms with van der Waals surface area (Å²) in [5, 5.41) is 4.84. The van der Waals surface area contributed by atoms with Crippen LogP contribution in [-0.2, 0) is 17.4 Å². The van der Waals surface area contributed by atoms with Crippen molar-refractivity contribution in [2.45, 2.75) is 18.9 Å². The van der Waals surface area contributed by atoms with E-state index in [4.69, 9.17) is 11.6 Å². The third kappa shape index (κ3) is 3.37. The molecule has 2 heterocycles. The number of nitrogens with one attached hydrogen (secondary N) is 1. The first-order valence-electron chi connectivity index (χ1n) is 9.75. The molecule has 1 aliphatic rings. The minimum atomic E-state index is -0.533. The van der Waals surface area contributed by atoms with E-state index in [2.05, 4.69) is 16.9 Å². The number of hydrogen-bond donors (Lipinski definition) is 1. The van der Waals surface area contributed by atoms with Crippen molar-refractivity contribution in [1.82, 2.24) is 14.5 Å². The fourth-order valence-corrected chi connectivity index (χ4v) is 4.38. The van der Waals surface area contributed by atoms with Gasteiger partial charge >= 0.3 is 0 Å². The number of halogens is 1. The Bertz CT molecular complexity index is 1220. The van der Waals surface area contributed by atoms with Crippen LogP contribution in [0.15, 0.2) is 60.2 Å². The lowest BCUT2D eigenvalue weighted by molar-refractivity contribution is -0.125. The summed E-state index contributed by atoms with van der Waals surface area (Å²) in [5.74, 6) is -0.102. The van der Waals surface area contributed by atoms with Crippen LogP contribution in [0.3, 0.4) is 0 Å². The Morgan fingerprint density at radius 1 is 1.33 bits per heavy atom. The number of carbonyl (C=O) groups is 1. The van der Waals surface area contributed by atoms with Crippen LogP contribution < -0.4 is 10.9 Å². The van der Waals surface area contributed by atoms with Gasteiger partial charge in [-0.2, -0.15) is 0 Å². The highest BCUT2D eigenvalue weighted by atomic mass is 35.5. The highest BCUT2D eigenvalue weighted by molar-refractivity contribution is 6.31. The van der Waals surface area contributed by atoms with Crippen LogP contribution in [0.2, 0.25) is 5.02 Å². The van der Waals surface area contributed by atoms with E-state index in [0.29, 0.717) is 35.4 Å². The Morgan fingerprint density at radius 3 is 2.90 bits per heavy atom. The number of likely N-dealkylation sites (tertiary alicyclic amines) is 1. The van der Waals surface area contributed by atoms with Gasteiger partial charge in [-0.1, -0.05) is 30.3 Å². The lowest BCUT2D eigenvalue weighted by Gasteiger charge is -2.34. The number of aryl methyl sites for hydroxylation is 1. The van der Waals surface area contributed by atoms with Crippen LogP contribution >= 0.6 is 11.6 Å². The normalized spacial score (nSPS) is 18.6. The van der Waals surface area contributed by atoms with E-state index in [1.165, 1.54) is 17.0 Å². The topological polar surface area (TPSA) is 67.2 Å². The smallest absolute Gasteiger partial charge is 0.260 e. The molecule has 1 aromatic heterocycles. The van der Waals surface area contributed by atoms with Crippen molar-refractivity contribution in [3.05, 3.63) is 81.9 Å². The zero-order valence-electron chi connectivity index (χ0n) is 17.0.